The zero-order chi connectivity index (χ0) is 11.7. The molecule has 16 heavy (non-hydrogen) atoms. The first-order valence-electron chi connectivity index (χ1n) is 5.20. The summed E-state index contributed by atoms with van der Waals surface area (Å²) in [5.74, 6) is 0. The predicted octanol–water partition coefficient (Wildman–Crippen LogP) is 4.21. The van der Waals surface area contributed by atoms with Gasteiger partial charge in [0, 0.05) is 16.3 Å². The van der Waals surface area contributed by atoms with Gasteiger partial charge in [-0.25, -0.2) is 0 Å². The zero-order valence-corrected chi connectivity index (χ0v) is 10.2. The molecule has 0 bridgehead atoms. The van der Waals surface area contributed by atoms with Crippen molar-refractivity contribution < 1.29 is 0 Å². The summed E-state index contributed by atoms with van der Waals surface area (Å²) in [5.41, 5.74) is 11.3. The Morgan fingerprint density at radius 2 is 1.69 bits per heavy atom. The van der Waals surface area contributed by atoms with Gasteiger partial charge in [-0.1, -0.05) is 35.4 Å². The molecule has 82 valence electrons. The maximum absolute atomic E-state index is 5.99. The average Bonchev–Trinajstić information content (AvgIpc) is 2.22. The standard InChI is InChI=1S/C14H14ClN/c1-9-3-5-12(10(2)7-9)13-8-11(15)4-6-14(13)16/h3-8H,16H2,1-2H3. The van der Waals surface area contributed by atoms with Crippen molar-refractivity contribution in [2.45, 2.75) is 13.8 Å². The fourth-order valence-corrected chi connectivity index (χ4v) is 2.05. The van der Waals surface area contributed by atoms with Crippen LogP contribution in [0.25, 0.3) is 11.1 Å². The van der Waals surface area contributed by atoms with Crippen LogP contribution in [0.3, 0.4) is 0 Å². The molecule has 0 fully saturated rings. The molecule has 2 N–H and O–H groups in total. The first kappa shape index (κ1) is 11.0. The van der Waals surface area contributed by atoms with Crippen LogP contribution in [-0.4, -0.2) is 0 Å². The molecule has 0 amide bonds. The number of rotatable bonds is 1. The molecular weight excluding hydrogens is 218 g/mol. The fourth-order valence-electron chi connectivity index (χ4n) is 1.88. The van der Waals surface area contributed by atoms with E-state index in [4.69, 9.17) is 17.3 Å². The van der Waals surface area contributed by atoms with Crippen molar-refractivity contribution in [3.05, 3.63) is 52.5 Å². The van der Waals surface area contributed by atoms with Gasteiger partial charge in [-0.05, 0) is 43.2 Å². The van der Waals surface area contributed by atoms with Gasteiger partial charge in [-0.3, -0.25) is 0 Å². The van der Waals surface area contributed by atoms with Gasteiger partial charge < -0.3 is 5.73 Å². The number of anilines is 1. The number of aryl methyl sites for hydroxylation is 2. The maximum Gasteiger partial charge on any atom is 0.0413 e. The van der Waals surface area contributed by atoms with Gasteiger partial charge >= 0.3 is 0 Å². The quantitative estimate of drug-likeness (QED) is 0.732. The molecule has 2 heteroatoms. The summed E-state index contributed by atoms with van der Waals surface area (Å²) in [7, 11) is 0. The molecule has 0 radical (unpaired) electrons. The van der Waals surface area contributed by atoms with E-state index in [2.05, 4.69) is 32.0 Å². The number of nitrogens with two attached hydrogens (primary N) is 1. The number of benzene rings is 2. The lowest BCUT2D eigenvalue weighted by Crippen LogP contribution is -1.92. The summed E-state index contributed by atoms with van der Waals surface area (Å²) >= 11 is 5.99. The summed E-state index contributed by atoms with van der Waals surface area (Å²) in [6.07, 6.45) is 0. The van der Waals surface area contributed by atoms with Crippen molar-refractivity contribution in [1.29, 1.82) is 0 Å². The Balaban J connectivity index is 2.62. The third-order valence-corrected chi connectivity index (χ3v) is 2.92. The van der Waals surface area contributed by atoms with Gasteiger partial charge in [0.15, 0.2) is 0 Å². The Hall–Kier alpha value is -1.47. The molecule has 0 aliphatic heterocycles. The third-order valence-electron chi connectivity index (χ3n) is 2.69. The van der Waals surface area contributed by atoms with Crippen molar-refractivity contribution in [2.75, 3.05) is 5.73 Å². The Bertz CT molecular complexity index is 532. The van der Waals surface area contributed by atoms with E-state index < -0.39 is 0 Å². The molecule has 0 aliphatic carbocycles. The van der Waals surface area contributed by atoms with Crippen molar-refractivity contribution in [3.8, 4) is 11.1 Å². The van der Waals surface area contributed by atoms with E-state index in [1.54, 1.807) is 0 Å². The van der Waals surface area contributed by atoms with Crippen LogP contribution < -0.4 is 5.73 Å². The molecule has 2 rings (SSSR count). The molecule has 0 saturated heterocycles. The van der Waals surface area contributed by atoms with Crippen LogP contribution in [-0.2, 0) is 0 Å². The van der Waals surface area contributed by atoms with Crippen molar-refractivity contribution in [1.82, 2.24) is 0 Å². The molecular formula is C14H14ClN. The largest absolute Gasteiger partial charge is 0.398 e. The van der Waals surface area contributed by atoms with E-state index in [-0.39, 0.29) is 0 Å². The SMILES string of the molecule is Cc1ccc(-c2cc(Cl)ccc2N)c(C)c1. The number of hydrogen-bond acceptors (Lipinski definition) is 1. The van der Waals surface area contributed by atoms with E-state index in [0.717, 1.165) is 16.8 Å². The van der Waals surface area contributed by atoms with Crippen molar-refractivity contribution >= 4 is 17.3 Å². The van der Waals surface area contributed by atoms with Crippen LogP contribution in [0.15, 0.2) is 36.4 Å². The Labute approximate surface area is 101 Å². The lowest BCUT2D eigenvalue weighted by atomic mass is 9.97. The first-order valence-corrected chi connectivity index (χ1v) is 5.58. The minimum Gasteiger partial charge on any atom is -0.398 e. The second kappa shape index (κ2) is 4.18. The highest BCUT2D eigenvalue weighted by molar-refractivity contribution is 6.31. The molecule has 0 heterocycles. The monoisotopic (exact) mass is 231 g/mol. The van der Waals surface area contributed by atoms with Crippen molar-refractivity contribution in [3.63, 3.8) is 0 Å². The fraction of sp³-hybridized carbons (Fsp3) is 0.143. The smallest absolute Gasteiger partial charge is 0.0413 e. The molecule has 0 spiro atoms. The molecule has 0 aliphatic rings. The zero-order valence-electron chi connectivity index (χ0n) is 9.42. The van der Waals surface area contributed by atoms with Gasteiger partial charge in [0.2, 0.25) is 0 Å². The first-order chi connectivity index (χ1) is 7.58. The summed E-state index contributed by atoms with van der Waals surface area (Å²) in [6.45, 7) is 4.17. The van der Waals surface area contributed by atoms with Gasteiger partial charge in [0.1, 0.15) is 0 Å². The second-order valence-corrected chi connectivity index (χ2v) is 4.49. The molecule has 2 aromatic carbocycles. The van der Waals surface area contributed by atoms with E-state index in [0.29, 0.717) is 5.02 Å². The number of hydrogen-bond donors (Lipinski definition) is 1. The average molecular weight is 232 g/mol. The van der Waals surface area contributed by atoms with E-state index >= 15 is 0 Å². The van der Waals surface area contributed by atoms with Crippen molar-refractivity contribution in [2.24, 2.45) is 0 Å². The molecule has 2 aromatic rings. The van der Waals surface area contributed by atoms with E-state index in [1.165, 1.54) is 11.1 Å². The number of halogens is 1. The highest BCUT2D eigenvalue weighted by Gasteiger charge is 2.06. The Morgan fingerprint density at radius 3 is 2.38 bits per heavy atom. The summed E-state index contributed by atoms with van der Waals surface area (Å²) < 4.78 is 0. The third kappa shape index (κ3) is 2.05. The molecule has 0 unspecified atom stereocenters. The minimum absolute atomic E-state index is 0.712. The van der Waals surface area contributed by atoms with Crippen LogP contribution in [0.2, 0.25) is 5.02 Å². The van der Waals surface area contributed by atoms with Crippen LogP contribution in [0, 0.1) is 13.8 Å². The van der Waals surface area contributed by atoms with Crippen LogP contribution in [0.1, 0.15) is 11.1 Å². The predicted molar refractivity (Wildman–Crippen MR) is 70.8 cm³/mol. The van der Waals surface area contributed by atoms with Gasteiger partial charge in [-0.2, -0.15) is 0 Å². The lowest BCUT2D eigenvalue weighted by Gasteiger charge is -2.10. The molecule has 1 nitrogen and oxygen atoms in total. The normalized spacial score (nSPS) is 10.4. The summed E-state index contributed by atoms with van der Waals surface area (Å²) in [5, 5.41) is 0.712. The van der Waals surface area contributed by atoms with Gasteiger partial charge in [-0.15, -0.1) is 0 Å². The van der Waals surface area contributed by atoms with E-state index in [9.17, 15) is 0 Å². The number of nitrogen functional groups attached to an aromatic ring is 1. The van der Waals surface area contributed by atoms with Crippen LogP contribution >= 0.6 is 11.6 Å². The summed E-state index contributed by atoms with van der Waals surface area (Å²) in [6, 6.07) is 11.9. The Kier molecular flexibility index (Phi) is 2.88. The van der Waals surface area contributed by atoms with Crippen LogP contribution in [0.4, 0.5) is 5.69 Å². The molecule has 0 atom stereocenters. The molecule has 0 saturated carbocycles. The minimum atomic E-state index is 0.712. The summed E-state index contributed by atoms with van der Waals surface area (Å²) in [4.78, 5) is 0. The lowest BCUT2D eigenvalue weighted by molar-refractivity contribution is 1.38. The topological polar surface area (TPSA) is 26.0 Å². The van der Waals surface area contributed by atoms with Crippen LogP contribution in [0.5, 0.6) is 0 Å². The molecule has 0 aromatic heterocycles. The van der Waals surface area contributed by atoms with E-state index in [1.807, 2.05) is 18.2 Å². The highest BCUT2D eigenvalue weighted by Crippen LogP contribution is 2.31. The highest BCUT2D eigenvalue weighted by atomic mass is 35.5. The van der Waals surface area contributed by atoms with Gasteiger partial charge in [0.05, 0.1) is 0 Å². The second-order valence-electron chi connectivity index (χ2n) is 4.05. The maximum atomic E-state index is 5.99. The Morgan fingerprint density at radius 1 is 0.938 bits per heavy atom. The van der Waals surface area contributed by atoms with Gasteiger partial charge in [0.25, 0.3) is 0 Å².